The molecule has 2 aromatic rings. The van der Waals surface area contributed by atoms with Gasteiger partial charge in [-0.05, 0) is 79.8 Å². The van der Waals surface area contributed by atoms with E-state index in [1.165, 1.54) is 35.1 Å². The van der Waals surface area contributed by atoms with Gasteiger partial charge in [0, 0.05) is 5.69 Å². The van der Waals surface area contributed by atoms with Gasteiger partial charge in [0.1, 0.15) is 5.75 Å². The first-order chi connectivity index (χ1) is 12.6. The molecule has 0 fully saturated rings. The lowest BCUT2D eigenvalue weighted by atomic mass is 9.92. The molecule has 1 aliphatic carbocycles. The summed E-state index contributed by atoms with van der Waals surface area (Å²) < 4.78 is 5.95. The lowest BCUT2D eigenvalue weighted by Crippen LogP contribution is -2.31. The van der Waals surface area contributed by atoms with E-state index in [-0.39, 0.29) is 5.91 Å². The van der Waals surface area contributed by atoms with E-state index >= 15 is 0 Å². The second-order valence-corrected chi connectivity index (χ2v) is 7.05. The van der Waals surface area contributed by atoms with Crippen LogP contribution in [-0.2, 0) is 30.5 Å². The molecule has 0 aliphatic heterocycles. The molecule has 2 aromatic carbocycles. The molecule has 26 heavy (non-hydrogen) atoms. The first-order valence-electron chi connectivity index (χ1n) is 9.82. The number of aryl methyl sites for hydroxylation is 4. The average Bonchev–Trinajstić information content (AvgIpc) is 2.67. The fourth-order valence-electron chi connectivity index (χ4n) is 3.67. The number of fused-ring (bicyclic) bond motifs is 1. The third-order valence-corrected chi connectivity index (χ3v) is 5.25. The van der Waals surface area contributed by atoms with E-state index in [9.17, 15) is 4.79 Å². The molecule has 1 atom stereocenters. The van der Waals surface area contributed by atoms with Gasteiger partial charge in [0.15, 0.2) is 6.10 Å². The Morgan fingerprint density at radius 1 is 1.04 bits per heavy atom. The van der Waals surface area contributed by atoms with Gasteiger partial charge in [-0.3, -0.25) is 4.79 Å². The Bertz CT molecular complexity index is 760. The van der Waals surface area contributed by atoms with E-state index in [4.69, 9.17) is 4.74 Å². The molecule has 3 nitrogen and oxygen atoms in total. The van der Waals surface area contributed by atoms with Gasteiger partial charge in [0.2, 0.25) is 0 Å². The summed E-state index contributed by atoms with van der Waals surface area (Å²) in [5.74, 6) is 0.686. The molecule has 1 N–H and O–H groups in total. The van der Waals surface area contributed by atoms with Crippen LogP contribution in [-0.4, -0.2) is 12.0 Å². The van der Waals surface area contributed by atoms with Crippen molar-refractivity contribution in [3.8, 4) is 5.75 Å². The molecule has 0 spiro atoms. The Hall–Kier alpha value is -2.29. The third kappa shape index (κ3) is 4.09. The number of carbonyl (C=O) groups excluding carboxylic acids is 1. The first kappa shape index (κ1) is 18.5. The zero-order valence-corrected chi connectivity index (χ0v) is 16.1. The van der Waals surface area contributed by atoms with Gasteiger partial charge in [-0.15, -0.1) is 0 Å². The Morgan fingerprint density at radius 2 is 1.69 bits per heavy atom. The maximum absolute atomic E-state index is 12.7. The average molecular weight is 351 g/mol. The van der Waals surface area contributed by atoms with Crippen LogP contribution in [0.5, 0.6) is 5.75 Å². The number of hydrogen-bond acceptors (Lipinski definition) is 2. The van der Waals surface area contributed by atoms with Crippen LogP contribution >= 0.6 is 0 Å². The van der Waals surface area contributed by atoms with E-state index < -0.39 is 6.10 Å². The predicted octanol–water partition coefficient (Wildman–Crippen LogP) is 5.10. The van der Waals surface area contributed by atoms with Gasteiger partial charge < -0.3 is 10.1 Å². The second-order valence-electron chi connectivity index (χ2n) is 7.05. The fraction of sp³-hybridized carbons (Fsp3) is 0.435. The van der Waals surface area contributed by atoms with Gasteiger partial charge in [-0.1, -0.05) is 38.1 Å². The predicted molar refractivity (Wildman–Crippen MR) is 107 cm³/mol. The summed E-state index contributed by atoms with van der Waals surface area (Å²) in [5.41, 5.74) is 6.07. The lowest BCUT2D eigenvalue weighted by Gasteiger charge is -2.20. The molecule has 0 aromatic heterocycles. The molecule has 0 unspecified atom stereocenters. The van der Waals surface area contributed by atoms with Gasteiger partial charge in [0.05, 0.1) is 0 Å². The van der Waals surface area contributed by atoms with Crippen molar-refractivity contribution < 1.29 is 9.53 Å². The van der Waals surface area contributed by atoms with Crippen molar-refractivity contribution in [2.24, 2.45) is 0 Å². The summed E-state index contributed by atoms with van der Waals surface area (Å²) in [6, 6.07) is 12.4. The van der Waals surface area contributed by atoms with Crippen LogP contribution in [0.25, 0.3) is 0 Å². The Balaban J connectivity index is 1.71. The van der Waals surface area contributed by atoms with Crippen molar-refractivity contribution in [1.29, 1.82) is 0 Å². The minimum absolute atomic E-state index is 0.0988. The molecule has 0 saturated carbocycles. The lowest BCUT2D eigenvalue weighted by molar-refractivity contribution is -0.122. The molecule has 3 rings (SSSR count). The molecule has 3 heteroatoms. The van der Waals surface area contributed by atoms with Crippen molar-refractivity contribution in [1.82, 2.24) is 0 Å². The number of carbonyl (C=O) groups is 1. The fourth-order valence-corrected chi connectivity index (χ4v) is 3.67. The summed E-state index contributed by atoms with van der Waals surface area (Å²) in [5, 5.41) is 3.10. The normalized spacial score (nSPS) is 14.4. The van der Waals surface area contributed by atoms with Gasteiger partial charge in [-0.25, -0.2) is 0 Å². The zero-order chi connectivity index (χ0) is 18.5. The van der Waals surface area contributed by atoms with Crippen LogP contribution in [0.1, 0.15) is 55.9 Å². The largest absolute Gasteiger partial charge is 0.481 e. The standard InChI is InChI=1S/C23H29NO2/c1-4-17-11-8-12-18(5-2)22(17)24-23(25)16(3)26-21-14-13-19-9-6-7-10-20(19)15-21/h8,11-16H,4-7,9-10H2,1-3H3,(H,24,25)/t16-/m0/s1. The second kappa shape index (κ2) is 8.39. The molecule has 1 aliphatic rings. The van der Waals surface area contributed by atoms with Crippen molar-refractivity contribution in [2.45, 2.75) is 65.4 Å². The molecule has 0 heterocycles. The Kier molecular flexibility index (Phi) is 5.97. The number of hydrogen-bond donors (Lipinski definition) is 1. The molecule has 0 bridgehead atoms. The van der Waals surface area contributed by atoms with Crippen LogP contribution in [0, 0.1) is 0 Å². The molecule has 138 valence electrons. The van der Waals surface area contributed by atoms with Crippen molar-refractivity contribution in [3.63, 3.8) is 0 Å². The highest BCUT2D eigenvalue weighted by molar-refractivity contribution is 5.95. The third-order valence-electron chi connectivity index (χ3n) is 5.25. The topological polar surface area (TPSA) is 38.3 Å². The minimum Gasteiger partial charge on any atom is -0.481 e. The summed E-state index contributed by atoms with van der Waals surface area (Å²) in [6.45, 7) is 6.03. The summed E-state index contributed by atoms with van der Waals surface area (Å²) in [4.78, 5) is 12.7. The van der Waals surface area contributed by atoms with Gasteiger partial charge in [-0.2, -0.15) is 0 Å². The maximum atomic E-state index is 12.7. The highest BCUT2D eigenvalue weighted by Crippen LogP contribution is 2.27. The highest BCUT2D eigenvalue weighted by atomic mass is 16.5. The van der Waals surface area contributed by atoms with E-state index in [1.54, 1.807) is 0 Å². The van der Waals surface area contributed by atoms with Crippen LogP contribution in [0.2, 0.25) is 0 Å². The monoisotopic (exact) mass is 351 g/mol. The summed E-state index contributed by atoms with van der Waals surface area (Å²) in [6.07, 6.45) is 6.01. The number of ether oxygens (including phenoxy) is 1. The van der Waals surface area contributed by atoms with Crippen LogP contribution in [0.3, 0.4) is 0 Å². The first-order valence-corrected chi connectivity index (χ1v) is 9.82. The molecule has 1 amide bonds. The molecule has 0 saturated heterocycles. The Morgan fingerprint density at radius 3 is 2.35 bits per heavy atom. The number of benzene rings is 2. The van der Waals surface area contributed by atoms with E-state index in [2.05, 4.69) is 49.5 Å². The van der Waals surface area contributed by atoms with Gasteiger partial charge in [0.25, 0.3) is 5.91 Å². The number of nitrogens with one attached hydrogen (secondary N) is 1. The van der Waals surface area contributed by atoms with Crippen LogP contribution < -0.4 is 10.1 Å². The molecular weight excluding hydrogens is 322 g/mol. The number of anilines is 1. The van der Waals surface area contributed by atoms with Gasteiger partial charge >= 0.3 is 0 Å². The number of amides is 1. The van der Waals surface area contributed by atoms with Crippen molar-refractivity contribution in [3.05, 3.63) is 58.7 Å². The van der Waals surface area contributed by atoms with E-state index in [0.29, 0.717) is 0 Å². The van der Waals surface area contributed by atoms with Crippen molar-refractivity contribution >= 4 is 11.6 Å². The minimum atomic E-state index is -0.536. The molecular formula is C23H29NO2. The zero-order valence-electron chi connectivity index (χ0n) is 16.1. The number of rotatable bonds is 6. The van der Waals surface area contributed by atoms with Crippen LogP contribution in [0.15, 0.2) is 36.4 Å². The summed E-state index contributed by atoms with van der Waals surface area (Å²) in [7, 11) is 0. The van der Waals surface area contributed by atoms with E-state index in [0.717, 1.165) is 37.1 Å². The molecule has 0 radical (unpaired) electrons. The van der Waals surface area contributed by atoms with E-state index in [1.807, 2.05) is 13.0 Å². The summed E-state index contributed by atoms with van der Waals surface area (Å²) >= 11 is 0. The van der Waals surface area contributed by atoms with Crippen LogP contribution in [0.4, 0.5) is 5.69 Å². The van der Waals surface area contributed by atoms with Crippen molar-refractivity contribution in [2.75, 3.05) is 5.32 Å². The quantitative estimate of drug-likeness (QED) is 0.786. The maximum Gasteiger partial charge on any atom is 0.265 e. The SMILES string of the molecule is CCc1cccc(CC)c1NC(=O)[C@H](C)Oc1ccc2c(c1)CCCC2. The highest BCUT2D eigenvalue weighted by Gasteiger charge is 2.18. The number of para-hydroxylation sites is 1. The smallest absolute Gasteiger partial charge is 0.265 e. The Labute approximate surface area is 156 Å².